The van der Waals surface area contributed by atoms with Gasteiger partial charge in [-0.2, -0.15) is 0 Å². The zero-order valence-corrected chi connectivity index (χ0v) is 8.26. The first-order valence-corrected chi connectivity index (χ1v) is 5.73. The van der Waals surface area contributed by atoms with Crippen LogP contribution in [-0.4, -0.2) is 25.6 Å². The fourth-order valence-electron chi connectivity index (χ4n) is 1.11. The highest BCUT2D eigenvalue weighted by Gasteiger charge is 2.34. The molecule has 4 nitrogen and oxygen atoms in total. The van der Waals surface area contributed by atoms with Crippen LogP contribution in [0.5, 0.6) is 0 Å². The van der Waals surface area contributed by atoms with Gasteiger partial charge < -0.3 is 4.74 Å². The van der Waals surface area contributed by atoms with Crippen LogP contribution in [-0.2, 0) is 19.4 Å². The van der Waals surface area contributed by atoms with Crippen molar-refractivity contribution in [3.05, 3.63) is 12.2 Å². The molecule has 0 saturated carbocycles. The molecular weight excluding hydrogens is 192 g/mol. The SMILES string of the molecule is C=C(C)C(=O)OC1CCCS1(=O)=O. The van der Waals surface area contributed by atoms with Crippen LogP contribution in [0.15, 0.2) is 12.2 Å². The Morgan fingerprint density at radius 1 is 1.54 bits per heavy atom. The maximum atomic E-state index is 11.2. The fourth-order valence-corrected chi connectivity index (χ4v) is 2.71. The van der Waals surface area contributed by atoms with Crippen LogP contribution in [0.1, 0.15) is 19.8 Å². The van der Waals surface area contributed by atoms with Crippen molar-refractivity contribution in [3.8, 4) is 0 Å². The fraction of sp³-hybridized carbons (Fsp3) is 0.625. The number of esters is 1. The van der Waals surface area contributed by atoms with E-state index in [1.807, 2.05) is 0 Å². The third-order valence-corrected chi connectivity index (χ3v) is 3.85. The molecule has 74 valence electrons. The number of hydrogen-bond acceptors (Lipinski definition) is 4. The van der Waals surface area contributed by atoms with Crippen LogP contribution in [0.2, 0.25) is 0 Å². The summed E-state index contributed by atoms with van der Waals surface area (Å²) in [5.74, 6) is -0.517. The van der Waals surface area contributed by atoms with Gasteiger partial charge >= 0.3 is 5.97 Å². The highest BCUT2D eigenvalue weighted by Crippen LogP contribution is 2.21. The standard InChI is InChI=1S/C8H12O4S/c1-6(2)8(9)12-7-4-3-5-13(7,10)11/h7H,1,3-5H2,2H3. The maximum Gasteiger partial charge on any atom is 0.334 e. The van der Waals surface area contributed by atoms with Crippen LogP contribution in [0, 0.1) is 0 Å². The van der Waals surface area contributed by atoms with Crippen LogP contribution >= 0.6 is 0 Å². The van der Waals surface area contributed by atoms with Gasteiger partial charge in [-0.25, -0.2) is 13.2 Å². The first kappa shape index (κ1) is 10.2. The minimum atomic E-state index is -3.20. The molecule has 0 aliphatic carbocycles. The molecule has 0 spiro atoms. The van der Waals surface area contributed by atoms with Crippen molar-refractivity contribution in [1.29, 1.82) is 0 Å². The maximum absolute atomic E-state index is 11.2. The summed E-state index contributed by atoms with van der Waals surface area (Å²) in [6.45, 7) is 4.87. The predicted octanol–water partition coefficient (Wildman–Crippen LogP) is 0.640. The molecule has 0 radical (unpaired) electrons. The van der Waals surface area contributed by atoms with Gasteiger partial charge in [0.25, 0.3) is 0 Å². The Labute approximate surface area is 77.5 Å². The highest BCUT2D eigenvalue weighted by atomic mass is 32.2. The van der Waals surface area contributed by atoms with E-state index in [4.69, 9.17) is 4.74 Å². The lowest BCUT2D eigenvalue weighted by atomic mass is 10.3. The van der Waals surface area contributed by atoms with Crippen molar-refractivity contribution in [1.82, 2.24) is 0 Å². The molecule has 1 unspecified atom stereocenters. The molecule has 1 aliphatic heterocycles. The molecule has 1 atom stereocenters. The largest absolute Gasteiger partial charge is 0.443 e. The smallest absolute Gasteiger partial charge is 0.334 e. The molecule has 1 aliphatic rings. The second-order valence-corrected chi connectivity index (χ2v) is 5.38. The van der Waals surface area contributed by atoms with E-state index in [1.54, 1.807) is 0 Å². The van der Waals surface area contributed by atoms with Crippen LogP contribution in [0.3, 0.4) is 0 Å². The van der Waals surface area contributed by atoms with E-state index in [0.29, 0.717) is 12.8 Å². The molecule has 0 bridgehead atoms. The molecule has 1 fully saturated rings. The summed E-state index contributed by atoms with van der Waals surface area (Å²) in [5.41, 5.74) is -0.723. The minimum Gasteiger partial charge on any atom is -0.443 e. The van der Waals surface area contributed by atoms with Gasteiger partial charge in [0.2, 0.25) is 5.44 Å². The normalized spacial score (nSPS) is 25.5. The number of hydrogen-bond donors (Lipinski definition) is 0. The summed E-state index contributed by atoms with van der Waals surface area (Å²) in [4.78, 5) is 11.0. The Bertz CT molecular complexity index is 328. The third-order valence-electron chi connectivity index (χ3n) is 1.86. The van der Waals surface area contributed by atoms with Gasteiger partial charge in [0.1, 0.15) is 0 Å². The first-order chi connectivity index (χ1) is 5.93. The molecule has 1 rings (SSSR count). The first-order valence-electron chi connectivity index (χ1n) is 4.01. The zero-order valence-electron chi connectivity index (χ0n) is 7.45. The predicted molar refractivity (Wildman–Crippen MR) is 47.7 cm³/mol. The molecular formula is C8H12O4S. The lowest BCUT2D eigenvalue weighted by Gasteiger charge is -2.10. The average Bonchev–Trinajstić information content (AvgIpc) is 2.30. The Hall–Kier alpha value is -0.840. The summed E-state index contributed by atoms with van der Waals surface area (Å²) < 4.78 is 27.2. The van der Waals surface area contributed by atoms with Gasteiger partial charge in [-0.3, -0.25) is 0 Å². The zero-order chi connectivity index (χ0) is 10.1. The number of carbonyl (C=O) groups is 1. The van der Waals surface area contributed by atoms with E-state index in [1.165, 1.54) is 6.92 Å². The van der Waals surface area contributed by atoms with Crippen LogP contribution in [0.4, 0.5) is 0 Å². The number of sulfone groups is 1. The Morgan fingerprint density at radius 2 is 2.15 bits per heavy atom. The monoisotopic (exact) mass is 204 g/mol. The number of ether oxygens (including phenoxy) is 1. The third kappa shape index (κ3) is 2.30. The van der Waals surface area contributed by atoms with Crippen LogP contribution < -0.4 is 0 Å². The molecule has 0 aromatic carbocycles. The molecule has 1 saturated heterocycles. The molecule has 13 heavy (non-hydrogen) atoms. The van der Waals surface area contributed by atoms with E-state index < -0.39 is 21.2 Å². The van der Waals surface area contributed by atoms with Gasteiger partial charge in [-0.1, -0.05) is 6.58 Å². The Morgan fingerprint density at radius 3 is 2.54 bits per heavy atom. The van der Waals surface area contributed by atoms with Crippen molar-refractivity contribution < 1.29 is 17.9 Å². The molecule has 0 aromatic heterocycles. The molecule has 5 heteroatoms. The van der Waals surface area contributed by atoms with Crippen molar-refractivity contribution in [2.45, 2.75) is 25.2 Å². The topological polar surface area (TPSA) is 60.4 Å². The average molecular weight is 204 g/mol. The second-order valence-electron chi connectivity index (χ2n) is 3.12. The summed E-state index contributed by atoms with van der Waals surface area (Å²) in [5, 5.41) is 0. The van der Waals surface area contributed by atoms with Crippen molar-refractivity contribution in [3.63, 3.8) is 0 Å². The van der Waals surface area contributed by atoms with Gasteiger partial charge in [-0.05, 0) is 19.8 Å². The van der Waals surface area contributed by atoms with E-state index in [9.17, 15) is 13.2 Å². The summed E-state index contributed by atoms with van der Waals surface area (Å²) >= 11 is 0. The molecule has 0 N–H and O–H groups in total. The van der Waals surface area contributed by atoms with Gasteiger partial charge in [0, 0.05) is 5.57 Å². The minimum absolute atomic E-state index is 0.112. The quantitative estimate of drug-likeness (QED) is 0.489. The summed E-state index contributed by atoms with van der Waals surface area (Å²) in [7, 11) is -3.20. The van der Waals surface area contributed by atoms with Crippen molar-refractivity contribution >= 4 is 15.8 Å². The van der Waals surface area contributed by atoms with E-state index >= 15 is 0 Å². The highest BCUT2D eigenvalue weighted by molar-refractivity contribution is 7.92. The molecule has 1 heterocycles. The lowest BCUT2D eigenvalue weighted by molar-refractivity contribution is -0.140. The summed E-state index contributed by atoms with van der Waals surface area (Å²) in [6.07, 6.45) is 0.970. The Balaban J connectivity index is 2.65. The molecule has 0 amide bonds. The van der Waals surface area contributed by atoms with Gasteiger partial charge in [-0.15, -0.1) is 0 Å². The van der Waals surface area contributed by atoms with E-state index in [2.05, 4.69) is 6.58 Å². The van der Waals surface area contributed by atoms with Gasteiger partial charge in [0.15, 0.2) is 9.84 Å². The van der Waals surface area contributed by atoms with Crippen molar-refractivity contribution in [2.24, 2.45) is 0 Å². The van der Waals surface area contributed by atoms with Crippen LogP contribution in [0.25, 0.3) is 0 Å². The number of rotatable bonds is 2. The van der Waals surface area contributed by atoms with E-state index in [0.717, 1.165) is 0 Å². The van der Waals surface area contributed by atoms with Crippen molar-refractivity contribution in [2.75, 3.05) is 5.75 Å². The lowest BCUT2D eigenvalue weighted by Crippen LogP contribution is -2.23. The summed E-state index contributed by atoms with van der Waals surface area (Å²) in [6, 6.07) is 0. The van der Waals surface area contributed by atoms with Gasteiger partial charge in [0.05, 0.1) is 5.75 Å². The van der Waals surface area contributed by atoms with E-state index in [-0.39, 0.29) is 11.3 Å². The number of carbonyl (C=O) groups excluding carboxylic acids is 1. The Kier molecular flexibility index (Phi) is 2.75. The second kappa shape index (κ2) is 3.49. The molecule has 0 aromatic rings.